The highest BCUT2D eigenvalue weighted by molar-refractivity contribution is 7.90. The van der Waals surface area contributed by atoms with Crippen LogP contribution >= 0.6 is 0 Å². The molecule has 7 nitrogen and oxygen atoms in total. The standard InChI is InChI=1S/C34H47N3O4S/c1-25-23-36(33(39)30-18-21-34(24-35-30)19-10-8-6-4-5-7-9-11-20-34)32-22-28(14-17-31(32)37(25)26(2)38)27-12-15-29(16-13-27)42(3,40)41/h12-17,22,25,30,35H,4-11,18-21,23-24H2,1-3H3/t25-,30?/m0/s1. The summed E-state index contributed by atoms with van der Waals surface area (Å²) in [7, 11) is -3.29. The van der Waals surface area contributed by atoms with Crippen molar-refractivity contribution in [3.8, 4) is 11.1 Å². The Morgan fingerprint density at radius 1 is 0.833 bits per heavy atom. The van der Waals surface area contributed by atoms with Gasteiger partial charge in [-0.3, -0.25) is 9.59 Å². The molecule has 1 aliphatic carbocycles. The lowest BCUT2D eigenvalue weighted by Crippen LogP contribution is -2.58. The van der Waals surface area contributed by atoms with Crippen LogP contribution < -0.4 is 15.1 Å². The first-order valence-corrected chi connectivity index (χ1v) is 17.8. The van der Waals surface area contributed by atoms with Crippen molar-refractivity contribution in [3.05, 3.63) is 42.5 Å². The molecule has 0 bridgehead atoms. The molecular formula is C34H47N3O4S. The monoisotopic (exact) mass is 593 g/mol. The Bertz CT molecular complexity index is 1370. The third-order valence-electron chi connectivity index (χ3n) is 9.78. The van der Waals surface area contributed by atoms with Gasteiger partial charge in [0.1, 0.15) is 0 Å². The molecule has 2 amide bonds. The summed E-state index contributed by atoms with van der Waals surface area (Å²) in [4.78, 5) is 30.8. The van der Waals surface area contributed by atoms with E-state index in [0.717, 1.165) is 41.9 Å². The average molecular weight is 594 g/mol. The molecule has 2 fully saturated rings. The van der Waals surface area contributed by atoms with Crippen molar-refractivity contribution in [2.45, 2.75) is 108 Å². The Morgan fingerprint density at radius 3 is 1.98 bits per heavy atom. The van der Waals surface area contributed by atoms with Crippen molar-refractivity contribution >= 4 is 33.0 Å². The van der Waals surface area contributed by atoms with Crippen molar-refractivity contribution in [1.29, 1.82) is 0 Å². The number of anilines is 2. The second-order valence-corrected chi connectivity index (χ2v) is 15.0. The number of carbonyl (C=O) groups is 2. The number of fused-ring (bicyclic) bond motifs is 1. The van der Waals surface area contributed by atoms with E-state index in [1.807, 2.05) is 30.0 Å². The van der Waals surface area contributed by atoms with Crippen LogP contribution in [0.3, 0.4) is 0 Å². The second kappa shape index (κ2) is 12.9. The van der Waals surface area contributed by atoms with Crippen molar-refractivity contribution in [2.75, 3.05) is 29.1 Å². The van der Waals surface area contributed by atoms with Crippen LogP contribution in [-0.4, -0.2) is 51.7 Å². The number of sulfone groups is 1. The van der Waals surface area contributed by atoms with E-state index in [0.29, 0.717) is 12.0 Å². The van der Waals surface area contributed by atoms with Gasteiger partial charge in [-0.15, -0.1) is 0 Å². The Kier molecular flexibility index (Phi) is 9.43. The number of benzene rings is 2. The Labute approximate surface area is 252 Å². The van der Waals surface area contributed by atoms with E-state index in [9.17, 15) is 18.0 Å². The summed E-state index contributed by atoms with van der Waals surface area (Å²) >= 11 is 0. The molecule has 2 aromatic carbocycles. The van der Waals surface area contributed by atoms with Gasteiger partial charge < -0.3 is 15.1 Å². The maximum atomic E-state index is 14.2. The molecule has 2 aromatic rings. The van der Waals surface area contributed by atoms with Crippen LogP contribution in [0.1, 0.15) is 90.9 Å². The zero-order chi connectivity index (χ0) is 29.9. The van der Waals surface area contributed by atoms with Crippen LogP contribution in [-0.2, 0) is 19.4 Å². The predicted molar refractivity (Wildman–Crippen MR) is 170 cm³/mol. The quantitative estimate of drug-likeness (QED) is 0.439. The number of carbonyl (C=O) groups excluding carboxylic acids is 2. The number of hydrogen-bond donors (Lipinski definition) is 1. The minimum atomic E-state index is -3.29. The van der Waals surface area contributed by atoms with Crippen LogP contribution in [0, 0.1) is 5.41 Å². The van der Waals surface area contributed by atoms with Gasteiger partial charge in [-0.25, -0.2) is 8.42 Å². The molecule has 1 saturated carbocycles. The van der Waals surface area contributed by atoms with Gasteiger partial charge in [-0.05, 0) is 73.4 Å². The molecule has 1 unspecified atom stereocenters. The van der Waals surface area contributed by atoms with Crippen LogP contribution in [0.25, 0.3) is 11.1 Å². The van der Waals surface area contributed by atoms with Crippen LogP contribution in [0.4, 0.5) is 11.4 Å². The first kappa shape index (κ1) is 30.7. The van der Waals surface area contributed by atoms with Gasteiger partial charge in [0, 0.05) is 26.3 Å². The fourth-order valence-electron chi connectivity index (χ4n) is 7.38. The maximum absolute atomic E-state index is 14.2. The summed E-state index contributed by atoms with van der Waals surface area (Å²) in [6.45, 7) is 4.89. The average Bonchev–Trinajstić information content (AvgIpc) is 3.02. The number of amides is 2. The van der Waals surface area contributed by atoms with Crippen molar-refractivity contribution in [2.24, 2.45) is 5.41 Å². The predicted octanol–water partition coefficient (Wildman–Crippen LogP) is 6.50. The van der Waals surface area contributed by atoms with Crippen LogP contribution in [0.2, 0.25) is 0 Å². The van der Waals surface area contributed by atoms with Crippen LogP contribution in [0.15, 0.2) is 47.4 Å². The Hall–Kier alpha value is -2.71. The van der Waals surface area contributed by atoms with Crippen LogP contribution in [0.5, 0.6) is 0 Å². The number of piperidine rings is 1. The topological polar surface area (TPSA) is 86.8 Å². The zero-order valence-electron chi connectivity index (χ0n) is 25.5. The fraction of sp³-hybridized carbons (Fsp3) is 0.588. The normalized spacial score (nSPS) is 23.6. The fourth-order valence-corrected chi connectivity index (χ4v) is 8.01. The molecule has 228 valence electrons. The molecule has 5 rings (SSSR count). The molecule has 1 N–H and O–H groups in total. The highest BCUT2D eigenvalue weighted by Crippen LogP contribution is 2.42. The lowest BCUT2D eigenvalue weighted by atomic mass is 9.71. The Morgan fingerprint density at radius 2 is 1.43 bits per heavy atom. The minimum Gasteiger partial charge on any atom is -0.307 e. The molecule has 0 aromatic heterocycles. The summed E-state index contributed by atoms with van der Waals surface area (Å²) in [5.74, 6) is 0.0213. The molecule has 42 heavy (non-hydrogen) atoms. The highest BCUT2D eigenvalue weighted by atomic mass is 32.2. The molecule has 2 heterocycles. The molecule has 8 heteroatoms. The van der Waals surface area contributed by atoms with Gasteiger partial charge in [-0.1, -0.05) is 69.6 Å². The van der Waals surface area contributed by atoms with Gasteiger partial charge in [0.25, 0.3) is 0 Å². The zero-order valence-corrected chi connectivity index (χ0v) is 26.3. The van der Waals surface area contributed by atoms with Gasteiger partial charge in [0.15, 0.2) is 9.84 Å². The van der Waals surface area contributed by atoms with Crippen molar-refractivity contribution in [3.63, 3.8) is 0 Å². The minimum absolute atomic E-state index is 0.0503. The van der Waals surface area contributed by atoms with Gasteiger partial charge in [-0.2, -0.15) is 0 Å². The smallest absolute Gasteiger partial charge is 0.244 e. The SMILES string of the molecule is CC(=O)N1c2ccc(-c3ccc(S(C)(=O)=O)cc3)cc2N(C(=O)C2CCC3(CCCCCCCCCC3)CN2)C[C@@H]1C. The van der Waals surface area contributed by atoms with E-state index in [2.05, 4.69) is 5.32 Å². The summed E-state index contributed by atoms with van der Waals surface area (Å²) in [5.41, 5.74) is 3.50. The molecule has 1 saturated heterocycles. The molecular weight excluding hydrogens is 546 g/mol. The number of rotatable bonds is 3. The van der Waals surface area contributed by atoms with Gasteiger partial charge in [0.05, 0.1) is 28.4 Å². The van der Waals surface area contributed by atoms with Crippen molar-refractivity contribution < 1.29 is 18.0 Å². The largest absolute Gasteiger partial charge is 0.307 e. The summed E-state index contributed by atoms with van der Waals surface area (Å²) in [5, 5.41) is 3.69. The Balaban J connectivity index is 1.38. The molecule has 2 aliphatic heterocycles. The number of nitrogens with zero attached hydrogens (tertiary/aromatic N) is 2. The second-order valence-electron chi connectivity index (χ2n) is 13.0. The first-order valence-electron chi connectivity index (χ1n) is 15.9. The van der Waals surface area contributed by atoms with E-state index < -0.39 is 9.84 Å². The maximum Gasteiger partial charge on any atom is 0.244 e. The molecule has 1 spiro atoms. The lowest BCUT2D eigenvalue weighted by Gasteiger charge is -2.45. The number of nitrogens with one attached hydrogen (secondary N) is 1. The lowest BCUT2D eigenvalue weighted by molar-refractivity contribution is -0.122. The van der Waals surface area contributed by atoms with E-state index in [4.69, 9.17) is 0 Å². The molecule has 3 aliphatic rings. The highest BCUT2D eigenvalue weighted by Gasteiger charge is 2.41. The molecule has 0 radical (unpaired) electrons. The van der Waals surface area contributed by atoms with Gasteiger partial charge >= 0.3 is 0 Å². The van der Waals surface area contributed by atoms with E-state index in [1.54, 1.807) is 36.1 Å². The van der Waals surface area contributed by atoms with E-state index in [-0.39, 0.29) is 28.8 Å². The summed E-state index contributed by atoms with van der Waals surface area (Å²) in [6.07, 6.45) is 16.2. The van der Waals surface area contributed by atoms with Crippen molar-refractivity contribution in [1.82, 2.24) is 5.32 Å². The van der Waals surface area contributed by atoms with E-state index in [1.165, 1.54) is 70.5 Å². The molecule has 2 atom stereocenters. The van der Waals surface area contributed by atoms with E-state index >= 15 is 0 Å². The van der Waals surface area contributed by atoms with Gasteiger partial charge in [0.2, 0.25) is 11.8 Å². The summed E-state index contributed by atoms with van der Waals surface area (Å²) < 4.78 is 23.9. The third-order valence-corrected chi connectivity index (χ3v) is 10.9. The summed E-state index contributed by atoms with van der Waals surface area (Å²) in [6, 6.07) is 12.3. The third kappa shape index (κ3) is 6.75. The number of hydrogen-bond acceptors (Lipinski definition) is 5. The first-order chi connectivity index (χ1) is 20.1.